The zero-order chi connectivity index (χ0) is 32.1. The molecule has 236 valence electrons. The van der Waals surface area contributed by atoms with Crippen molar-refractivity contribution in [3.05, 3.63) is 121 Å². The first-order valence-corrected chi connectivity index (χ1v) is 17.5. The number of para-hydroxylation sites is 2. The number of fused-ring (bicyclic) bond motifs is 1. The van der Waals surface area contributed by atoms with Gasteiger partial charge in [-0.2, -0.15) is 0 Å². The van der Waals surface area contributed by atoms with Crippen LogP contribution >= 0.6 is 0 Å². The fraction of sp³-hybridized carbons (Fsp3) is 0.182. The highest BCUT2D eigenvalue weighted by Gasteiger charge is 2.35. The molecule has 2 aromatic heterocycles. The van der Waals surface area contributed by atoms with E-state index in [1.54, 1.807) is 53.4 Å². The number of aromatic nitrogens is 2. The number of hydrogen-bond donors (Lipinski definition) is 1. The summed E-state index contributed by atoms with van der Waals surface area (Å²) < 4.78 is 60.7. The second-order valence-electron chi connectivity index (χ2n) is 10.7. The monoisotopic (exact) mass is 657 g/mol. The molecule has 1 fully saturated rings. The summed E-state index contributed by atoms with van der Waals surface area (Å²) in [6.07, 6.45) is 2.89. The number of benzene rings is 3. The standard InChI is InChI=1S/C33H31N5O6S2/c39-33(38-22-20-37(21-23-38)27-10-2-1-3-11-27)29(36-45(40,41)30-12-6-8-26-9-7-19-35-32(26)30)24-25-14-16-28(17-15-25)44-46(42,43)31-13-4-5-18-34-31/h1-19,29H,20-24H2,(H-2,36,40,41,42,43)/t29-/m1/s1. The average molecular weight is 658 g/mol. The van der Waals surface area contributed by atoms with E-state index in [-0.39, 0.29) is 28.0 Å². The lowest BCUT2D eigenvalue weighted by Crippen LogP contribution is -2.56. The molecule has 0 saturated carbocycles. The second kappa shape index (κ2) is 13.4. The van der Waals surface area contributed by atoms with Crippen molar-refractivity contribution >= 4 is 43.4 Å². The van der Waals surface area contributed by atoms with Crippen molar-refractivity contribution < 1.29 is 26.5 Å². The van der Waals surface area contributed by atoms with Crippen LogP contribution in [0.4, 0.5) is 5.69 Å². The molecule has 1 N–H and O–H groups in total. The molecule has 0 spiro atoms. The highest BCUT2D eigenvalue weighted by atomic mass is 32.3. The van der Waals surface area contributed by atoms with Crippen LogP contribution in [0.1, 0.15) is 5.56 Å². The van der Waals surface area contributed by atoms with E-state index in [0.717, 1.165) is 5.69 Å². The highest BCUT2D eigenvalue weighted by molar-refractivity contribution is 7.96. The number of hydrogen-bond acceptors (Lipinski definition) is 9. The number of nitrogens with zero attached hydrogens (tertiary/aromatic N) is 4. The summed E-state index contributed by atoms with van der Waals surface area (Å²) in [4.78, 5) is 25.9. The summed E-state index contributed by atoms with van der Waals surface area (Å²) in [7, 11) is -8.34. The van der Waals surface area contributed by atoms with Crippen LogP contribution in [0.3, 0.4) is 0 Å². The predicted octanol–water partition coefficient (Wildman–Crippen LogP) is 4.07. The van der Waals surface area contributed by atoms with Crippen molar-refractivity contribution in [1.29, 1.82) is 0 Å². The molecule has 46 heavy (non-hydrogen) atoms. The molecule has 3 heterocycles. The van der Waals surface area contributed by atoms with Gasteiger partial charge in [0, 0.05) is 62.1 Å². The molecule has 0 aliphatic carbocycles. The zero-order valence-electron chi connectivity index (χ0n) is 24.6. The van der Waals surface area contributed by atoms with Gasteiger partial charge < -0.3 is 18.9 Å². The minimum absolute atomic E-state index is 0.0163. The molecule has 0 bridgehead atoms. The minimum Gasteiger partial charge on any atom is -0.593 e. The molecule has 1 aliphatic rings. The number of sulfonamides is 1. The first-order valence-electron chi connectivity index (χ1n) is 14.6. The summed E-state index contributed by atoms with van der Waals surface area (Å²) in [5.74, 6) is -0.306. The number of amides is 1. The number of piperazine rings is 1. The third-order valence-corrected chi connectivity index (χ3v) is 10.3. The molecule has 1 saturated heterocycles. The maximum Gasteiger partial charge on any atom is 0.290 e. The summed E-state index contributed by atoms with van der Waals surface area (Å²) in [6.45, 7) is 2.03. The van der Waals surface area contributed by atoms with Crippen LogP contribution in [0.2, 0.25) is 0 Å². The van der Waals surface area contributed by atoms with Crippen LogP contribution in [0.25, 0.3) is 10.9 Å². The Morgan fingerprint density at radius 1 is 0.804 bits per heavy atom. The molecule has 3 aromatic carbocycles. The largest absolute Gasteiger partial charge is 0.593 e. The Labute approximate surface area is 269 Å². The van der Waals surface area contributed by atoms with Crippen molar-refractivity contribution in [3.8, 4) is 5.75 Å². The first-order chi connectivity index (χ1) is 22.2. The van der Waals surface area contributed by atoms with E-state index in [9.17, 15) is 22.3 Å². The lowest BCUT2D eigenvalue weighted by molar-refractivity contribution is -0.133. The maximum absolute atomic E-state index is 14.0. The highest BCUT2D eigenvalue weighted by Crippen LogP contribution is 2.26. The summed E-state index contributed by atoms with van der Waals surface area (Å²) in [5.41, 5.74) is 1.96. The SMILES string of the molecule is O=C([C@@H](Cc1ccc(O[S+](=O)([O-])c2ccccn2)cc1)N[S+](=O)([O-])c1cccc2cccnc12)N1CCN(c2ccccc2)CC1. The van der Waals surface area contributed by atoms with Crippen molar-refractivity contribution in [1.82, 2.24) is 19.6 Å². The van der Waals surface area contributed by atoms with Crippen LogP contribution < -0.4 is 13.8 Å². The van der Waals surface area contributed by atoms with Gasteiger partial charge in [-0.15, -0.1) is 4.72 Å². The van der Waals surface area contributed by atoms with Crippen LogP contribution in [0.15, 0.2) is 125 Å². The van der Waals surface area contributed by atoms with Crippen molar-refractivity contribution in [2.24, 2.45) is 0 Å². The predicted molar refractivity (Wildman–Crippen MR) is 173 cm³/mol. The van der Waals surface area contributed by atoms with Gasteiger partial charge in [-0.3, -0.25) is 14.0 Å². The van der Waals surface area contributed by atoms with Crippen molar-refractivity contribution in [3.63, 3.8) is 0 Å². The zero-order valence-corrected chi connectivity index (χ0v) is 26.3. The van der Waals surface area contributed by atoms with Crippen LogP contribution in [-0.4, -0.2) is 62.1 Å². The normalized spacial score (nSPS) is 16.7. The maximum atomic E-state index is 14.0. The first kappa shape index (κ1) is 31.5. The molecule has 11 nitrogen and oxygen atoms in total. The summed E-state index contributed by atoms with van der Waals surface area (Å²) in [5, 5.41) is 0.427. The Bertz CT molecular complexity index is 1900. The minimum atomic E-state index is -4.19. The lowest BCUT2D eigenvalue weighted by atomic mass is 10.0. The summed E-state index contributed by atoms with van der Waals surface area (Å²) >= 11 is 0. The van der Waals surface area contributed by atoms with E-state index >= 15 is 0 Å². The van der Waals surface area contributed by atoms with Crippen LogP contribution in [0.5, 0.6) is 5.75 Å². The van der Waals surface area contributed by atoms with Crippen molar-refractivity contribution in [2.75, 3.05) is 31.1 Å². The molecule has 6 rings (SSSR count). The van der Waals surface area contributed by atoms with E-state index in [1.165, 1.54) is 36.7 Å². The fourth-order valence-corrected chi connectivity index (χ4v) is 7.60. The molecular weight excluding hydrogens is 627 g/mol. The molecule has 5 aromatic rings. The third kappa shape index (κ3) is 7.14. The average Bonchev–Trinajstić information content (AvgIpc) is 3.09. The fourth-order valence-electron chi connectivity index (χ4n) is 5.35. The van der Waals surface area contributed by atoms with Gasteiger partial charge in [0.05, 0.1) is 0 Å². The molecule has 13 heteroatoms. The molecule has 3 atom stereocenters. The molecule has 1 amide bonds. The lowest BCUT2D eigenvalue weighted by Gasteiger charge is -2.37. The van der Waals surface area contributed by atoms with Gasteiger partial charge >= 0.3 is 0 Å². The van der Waals surface area contributed by atoms with E-state index in [0.29, 0.717) is 42.6 Å². The molecule has 1 aliphatic heterocycles. The molecule has 0 radical (unpaired) electrons. The van der Waals surface area contributed by atoms with Gasteiger partial charge in [0.15, 0.2) is 16.1 Å². The van der Waals surface area contributed by atoms with E-state index in [2.05, 4.69) is 19.6 Å². The Kier molecular flexibility index (Phi) is 9.20. The Hall–Kier alpha value is -4.53. The van der Waals surface area contributed by atoms with Crippen LogP contribution in [-0.2, 0) is 40.5 Å². The third-order valence-electron chi connectivity index (χ3n) is 7.66. The number of nitrogens with one attached hydrogen (secondary N) is 1. The van der Waals surface area contributed by atoms with E-state index < -0.39 is 26.9 Å². The Balaban J connectivity index is 1.23. The van der Waals surface area contributed by atoms with Gasteiger partial charge in [0.1, 0.15) is 11.6 Å². The van der Waals surface area contributed by atoms with Gasteiger partial charge in [-0.05, 0) is 48.0 Å². The van der Waals surface area contributed by atoms with Crippen molar-refractivity contribution in [2.45, 2.75) is 22.4 Å². The summed E-state index contributed by atoms with van der Waals surface area (Å²) in [6, 6.07) is 27.7. The van der Waals surface area contributed by atoms with Crippen LogP contribution in [0, 0.1) is 0 Å². The van der Waals surface area contributed by atoms with Gasteiger partial charge in [-0.1, -0.05) is 63.0 Å². The van der Waals surface area contributed by atoms with E-state index in [1.807, 2.05) is 30.3 Å². The van der Waals surface area contributed by atoms with Gasteiger partial charge in [0.2, 0.25) is 10.8 Å². The molecule has 2 unspecified atom stereocenters. The topological polar surface area (TPSA) is 151 Å². The smallest absolute Gasteiger partial charge is 0.290 e. The quantitative estimate of drug-likeness (QED) is 0.219. The Morgan fingerprint density at radius 2 is 1.50 bits per heavy atom. The number of anilines is 1. The molecular formula is C33H31N5O6S2. The number of rotatable bonds is 10. The van der Waals surface area contributed by atoms with E-state index in [4.69, 9.17) is 4.18 Å². The number of carbonyl (C=O) groups is 1. The number of pyridine rings is 2. The Morgan fingerprint density at radius 3 is 2.22 bits per heavy atom. The second-order valence-corrected chi connectivity index (χ2v) is 13.9. The number of carbonyl (C=O) groups excluding carboxylic acids is 1. The van der Waals surface area contributed by atoms with Gasteiger partial charge in [-0.25, -0.2) is 4.98 Å². The van der Waals surface area contributed by atoms with Gasteiger partial charge in [0.25, 0.3) is 15.5 Å².